The molecule has 1 saturated carbocycles. The zero-order chi connectivity index (χ0) is 17.2. The number of para-hydroxylation sites is 1. The fraction of sp³-hybridized carbons (Fsp3) is 0.579. The van der Waals surface area contributed by atoms with Crippen molar-refractivity contribution in [3.05, 3.63) is 29.8 Å². The molecule has 1 aliphatic heterocycles. The third kappa shape index (κ3) is 4.33. The Morgan fingerprint density at radius 2 is 2.04 bits per heavy atom. The average molecular weight is 366 g/mol. The highest BCUT2D eigenvalue weighted by Gasteiger charge is 2.38. The number of hydrogen-bond donors (Lipinski definition) is 2. The molecular weight excluding hydrogens is 338 g/mol. The number of carbonyl (C=O) groups excluding carboxylic acids is 2. The maximum Gasteiger partial charge on any atom is 0.246 e. The van der Waals surface area contributed by atoms with E-state index in [1.54, 1.807) is 4.90 Å². The van der Waals surface area contributed by atoms with E-state index in [9.17, 15) is 9.59 Å². The molecular formula is C19H28ClN3O2. The molecule has 0 spiro atoms. The largest absolute Gasteiger partial charge is 0.347 e. The molecule has 138 valence electrons. The van der Waals surface area contributed by atoms with Gasteiger partial charge in [0, 0.05) is 17.8 Å². The molecule has 1 fully saturated rings. The van der Waals surface area contributed by atoms with Crippen molar-refractivity contribution < 1.29 is 9.59 Å². The minimum atomic E-state index is -0.469. The lowest BCUT2D eigenvalue weighted by Crippen LogP contribution is -2.54. The Morgan fingerprint density at radius 3 is 2.80 bits per heavy atom. The molecule has 0 bridgehead atoms. The van der Waals surface area contributed by atoms with E-state index in [0.29, 0.717) is 6.54 Å². The first-order chi connectivity index (χ1) is 11.5. The molecule has 2 amide bonds. The minimum Gasteiger partial charge on any atom is -0.347 e. The van der Waals surface area contributed by atoms with Crippen LogP contribution in [0.4, 0.5) is 5.69 Å². The van der Waals surface area contributed by atoms with E-state index in [4.69, 9.17) is 5.73 Å². The van der Waals surface area contributed by atoms with Crippen LogP contribution in [0, 0.1) is 5.92 Å². The summed E-state index contributed by atoms with van der Waals surface area (Å²) in [5, 5.41) is 2.83. The van der Waals surface area contributed by atoms with Crippen LogP contribution in [0.2, 0.25) is 0 Å². The van der Waals surface area contributed by atoms with Crippen LogP contribution in [-0.2, 0) is 16.0 Å². The molecule has 1 aliphatic carbocycles. The second-order valence-corrected chi connectivity index (χ2v) is 7.30. The highest BCUT2D eigenvalue weighted by atomic mass is 35.5. The highest BCUT2D eigenvalue weighted by Crippen LogP contribution is 2.31. The molecule has 3 rings (SSSR count). The Morgan fingerprint density at radius 1 is 1.28 bits per heavy atom. The number of aryl methyl sites for hydroxylation is 1. The minimum absolute atomic E-state index is 0. The molecule has 0 radical (unpaired) electrons. The quantitative estimate of drug-likeness (QED) is 0.863. The molecule has 1 aromatic rings. The number of halogens is 1. The van der Waals surface area contributed by atoms with Crippen molar-refractivity contribution in [2.75, 3.05) is 18.0 Å². The Bertz CT molecular complexity index is 633. The van der Waals surface area contributed by atoms with E-state index in [2.05, 4.69) is 11.4 Å². The summed E-state index contributed by atoms with van der Waals surface area (Å²) in [6.07, 6.45) is 5.72. The summed E-state index contributed by atoms with van der Waals surface area (Å²) in [6, 6.07) is 7.99. The number of hydrogen-bond acceptors (Lipinski definition) is 3. The van der Waals surface area contributed by atoms with Crippen LogP contribution in [0.25, 0.3) is 0 Å². The topological polar surface area (TPSA) is 75.4 Å². The van der Waals surface area contributed by atoms with Gasteiger partial charge in [0.15, 0.2) is 0 Å². The van der Waals surface area contributed by atoms with Gasteiger partial charge in [-0.15, -0.1) is 12.4 Å². The van der Waals surface area contributed by atoms with Crippen molar-refractivity contribution >= 4 is 29.9 Å². The third-order valence-corrected chi connectivity index (χ3v) is 5.40. The van der Waals surface area contributed by atoms with Gasteiger partial charge in [-0.1, -0.05) is 31.0 Å². The van der Waals surface area contributed by atoms with Crippen LogP contribution in [0.1, 0.15) is 44.6 Å². The maximum atomic E-state index is 12.6. The van der Waals surface area contributed by atoms with Gasteiger partial charge in [0.05, 0.1) is 12.5 Å². The Labute approximate surface area is 155 Å². The summed E-state index contributed by atoms with van der Waals surface area (Å²) < 4.78 is 0. The molecule has 1 heterocycles. The highest BCUT2D eigenvalue weighted by molar-refractivity contribution is 5.98. The number of nitrogens with two attached hydrogens (primary N) is 1. The van der Waals surface area contributed by atoms with Crippen LogP contribution >= 0.6 is 12.4 Å². The van der Waals surface area contributed by atoms with Crippen molar-refractivity contribution in [2.45, 2.75) is 51.0 Å². The number of fused-ring (bicyclic) bond motifs is 1. The van der Waals surface area contributed by atoms with Crippen LogP contribution in [0.15, 0.2) is 24.3 Å². The molecule has 0 saturated heterocycles. The van der Waals surface area contributed by atoms with Gasteiger partial charge >= 0.3 is 0 Å². The molecule has 5 nitrogen and oxygen atoms in total. The molecule has 0 aromatic heterocycles. The fourth-order valence-corrected chi connectivity index (χ4v) is 3.96. The average Bonchev–Trinajstić information content (AvgIpc) is 2.58. The number of benzene rings is 1. The molecule has 2 aliphatic rings. The Balaban J connectivity index is 0.00000225. The summed E-state index contributed by atoms with van der Waals surface area (Å²) >= 11 is 0. The van der Waals surface area contributed by atoms with Crippen molar-refractivity contribution in [3.63, 3.8) is 0 Å². The van der Waals surface area contributed by atoms with Gasteiger partial charge in [0.2, 0.25) is 11.8 Å². The summed E-state index contributed by atoms with van der Waals surface area (Å²) in [6.45, 7) is 2.70. The first kappa shape index (κ1) is 19.7. The van der Waals surface area contributed by atoms with Gasteiger partial charge in [-0.3, -0.25) is 9.59 Å². The van der Waals surface area contributed by atoms with E-state index < -0.39 is 5.54 Å². The summed E-state index contributed by atoms with van der Waals surface area (Å²) in [5.41, 5.74) is 7.99. The van der Waals surface area contributed by atoms with Gasteiger partial charge in [0.1, 0.15) is 0 Å². The zero-order valence-corrected chi connectivity index (χ0v) is 15.6. The predicted octanol–water partition coefficient (Wildman–Crippen LogP) is 2.41. The van der Waals surface area contributed by atoms with E-state index in [0.717, 1.165) is 44.2 Å². The molecule has 2 unspecified atom stereocenters. The van der Waals surface area contributed by atoms with E-state index in [-0.39, 0.29) is 36.7 Å². The van der Waals surface area contributed by atoms with Crippen LogP contribution < -0.4 is 16.0 Å². The predicted molar refractivity (Wildman–Crippen MR) is 102 cm³/mol. The van der Waals surface area contributed by atoms with Gasteiger partial charge in [-0.05, 0) is 44.2 Å². The van der Waals surface area contributed by atoms with E-state index in [1.165, 1.54) is 5.56 Å². The van der Waals surface area contributed by atoms with Crippen molar-refractivity contribution in [1.29, 1.82) is 0 Å². The van der Waals surface area contributed by atoms with Gasteiger partial charge in [0.25, 0.3) is 0 Å². The normalized spacial score (nSPS) is 25.5. The summed E-state index contributed by atoms with van der Waals surface area (Å²) in [7, 11) is 0. The van der Waals surface area contributed by atoms with Gasteiger partial charge < -0.3 is 16.0 Å². The van der Waals surface area contributed by atoms with E-state index in [1.807, 2.05) is 25.1 Å². The van der Waals surface area contributed by atoms with Crippen LogP contribution in [0.3, 0.4) is 0 Å². The lowest BCUT2D eigenvalue weighted by Gasteiger charge is -2.37. The van der Waals surface area contributed by atoms with Crippen LogP contribution in [0.5, 0.6) is 0 Å². The third-order valence-electron chi connectivity index (χ3n) is 5.40. The summed E-state index contributed by atoms with van der Waals surface area (Å²) in [4.78, 5) is 26.9. The first-order valence-corrected chi connectivity index (χ1v) is 8.94. The number of nitrogens with zero attached hydrogens (tertiary/aromatic N) is 1. The standard InChI is InChI=1S/C19H27N3O2.ClH/c1-19(20)11-5-4-9-15(19)18(24)21-13-17(23)22-12-6-8-14-7-2-3-10-16(14)22;/h2-3,7,10,15H,4-6,8-9,11-13,20H2,1H3,(H,21,24);1H. The van der Waals surface area contributed by atoms with Crippen molar-refractivity contribution in [3.8, 4) is 0 Å². The molecule has 2 atom stereocenters. The molecule has 1 aromatic carbocycles. The second kappa shape index (κ2) is 8.19. The smallest absolute Gasteiger partial charge is 0.246 e. The first-order valence-electron chi connectivity index (χ1n) is 8.94. The van der Waals surface area contributed by atoms with Gasteiger partial charge in [-0.25, -0.2) is 0 Å². The molecule has 3 N–H and O–H groups in total. The zero-order valence-electron chi connectivity index (χ0n) is 14.8. The fourth-order valence-electron chi connectivity index (χ4n) is 3.96. The Hall–Kier alpha value is -1.59. The van der Waals surface area contributed by atoms with Crippen molar-refractivity contribution in [1.82, 2.24) is 5.32 Å². The lowest BCUT2D eigenvalue weighted by molar-refractivity contribution is -0.130. The number of anilines is 1. The maximum absolute atomic E-state index is 12.6. The number of carbonyl (C=O) groups is 2. The van der Waals surface area contributed by atoms with Crippen molar-refractivity contribution in [2.24, 2.45) is 11.7 Å². The molecule has 6 heteroatoms. The SMILES string of the molecule is CC1(N)CCCCC1C(=O)NCC(=O)N1CCCc2ccccc21.Cl. The number of rotatable bonds is 3. The molecule has 25 heavy (non-hydrogen) atoms. The van der Waals surface area contributed by atoms with Gasteiger partial charge in [-0.2, -0.15) is 0 Å². The monoisotopic (exact) mass is 365 g/mol. The number of amides is 2. The number of nitrogens with one attached hydrogen (secondary N) is 1. The summed E-state index contributed by atoms with van der Waals surface area (Å²) in [5.74, 6) is -0.337. The van der Waals surface area contributed by atoms with Crippen LogP contribution in [-0.4, -0.2) is 30.4 Å². The second-order valence-electron chi connectivity index (χ2n) is 7.30. The Kier molecular flexibility index (Phi) is 6.47. The van der Waals surface area contributed by atoms with E-state index >= 15 is 0 Å². The lowest BCUT2D eigenvalue weighted by atomic mass is 9.74.